The number of hydrogen-bond acceptors (Lipinski definition) is 7. The van der Waals surface area contributed by atoms with Crippen LogP contribution in [0.3, 0.4) is 0 Å². The highest BCUT2D eigenvalue weighted by atomic mass is 19.1. The largest absolute Gasteiger partial charge is 0.464 e. The summed E-state index contributed by atoms with van der Waals surface area (Å²) in [6.45, 7) is 2.16. The maximum atomic E-state index is 13.0. The van der Waals surface area contributed by atoms with Crippen molar-refractivity contribution in [2.24, 2.45) is 0 Å². The molecule has 2 aromatic rings. The second kappa shape index (κ2) is 5.79. The summed E-state index contributed by atoms with van der Waals surface area (Å²) in [5.74, 6) is -0.409. The van der Waals surface area contributed by atoms with Crippen molar-refractivity contribution in [3.8, 4) is 12.1 Å². The minimum atomic E-state index is -0.503. The van der Waals surface area contributed by atoms with E-state index in [1.54, 1.807) is 6.92 Å². The van der Waals surface area contributed by atoms with Crippen LogP contribution in [-0.2, 0) is 0 Å². The molecule has 20 heavy (non-hydrogen) atoms. The Bertz CT molecular complexity index is 669. The number of nitriles is 1. The fourth-order valence-corrected chi connectivity index (χ4v) is 1.46. The number of nitrogens with one attached hydrogen (secondary N) is 1. The highest BCUT2D eigenvalue weighted by molar-refractivity contribution is 5.63. The van der Waals surface area contributed by atoms with Crippen LogP contribution in [0.1, 0.15) is 12.5 Å². The van der Waals surface area contributed by atoms with E-state index >= 15 is 0 Å². The summed E-state index contributed by atoms with van der Waals surface area (Å²) in [6.07, 6.45) is 0. The zero-order valence-corrected chi connectivity index (χ0v) is 10.6. The van der Waals surface area contributed by atoms with E-state index in [4.69, 9.17) is 15.7 Å². The van der Waals surface area contributed by atoms with Gasteiger partial charge in [0.05, 0.1) is 17.9 Å². The van der Waals surface area contributed by atoms with Crippen LogP contribution in [-0.4, -0.2) is 21.6 Å². The molecule has 0 fully saturated rings. The Kier molecular flexibility index (Phi) is 3.91. The number of anilines is 3. The predicted molar refractivity (Wildman–Crippen MR) is 69.8 cm³/mol. The minimum Gasteiger partial charge on any atom is -0.464 e. The molecule has 0 aliphatic carbocycles. The summed E-state index contributed by atoms with van der Waals surface area (Å²) in [5, 5.41) is 11.7. The van der Waals surface area contributed by atoms with Gasteiger partial charge in [0.15, 0.2) is 0 Å². The molecule has 8 heteroatoms. The molecule has 0 spiro atoms. The van der Waals surface area contributed by atoms with Crippen molar-refractivity contribution >= 4 is 17.6 Å². The lowest BCUT2D eigenvalue weighted by Crippen LogP contribution is -2.07. The average molecular weight is 274 g/mol. The second-order valence-corrected chi connectivity index (χ2v) is 3.66. The van der Waals surface area contributed by atoms with Crippen LogP contribution < -0.4 is 15.8 Å². The van der Waals surface area contributed by atoms with Gasteiger partial charge in [-0.15, -0.1) is 0 Å². The van der Waals surface area contributed by atoms with Crippen LogP contribution in [0.25, 0.3) is 0 Å². The van der Waals surface area contributed by atoms with Crippen LogP contribution in [0.5, 0.6) is 6.01 Å². The zero-order chi connectivity index (χ0) is 14.5. The first-order valence-corrected chi connectivity index (χ1v) is 5.73. The second-order valence-electron chi connectivity index (χ2n) is 3.66. The molecule has 0 bridgehead atoms. The Labute approximate surface area is 114 Å². The van der Waals surface area contributed by atoms with Gasteiger partial charge in [-0.25, -0.2) is 4.39 Å². The molecule has 0 radical (unpaired) electrons. The molecule has 2 rings (SSSR count). The number of hydrogen-bond donors (Lipinski definition) is 2. The number of nitrogens with two attached hydrogens (primary N) is 1. The van der Waals surface area contributed by atoms with Crippen molar-refractivity contribution in [3.63, 3.8) is 0 Å². The van der Waals surface area contributed by atoms with Crippen LogP contribution in [0.4, 0.5) is 22.0 Å². The first kappa shape index (κ1) is 13.5. The topological polar surface area (TPSA) is 110 Å². The van der Waals surface area contributed by atoms with Gasteiger partial charge in [-0.3, -0.25) is 0 Å². The molecule has 1 aromatic carbocycles. The number of rotatable bonds is 4. The van der Waals surface area contributed by atoms with Crippen LogP contribution in [0, 0.1) is 17.1 Å². The standard InChI is InChI=1S/C12H11FN6O/c1-2-20-12-18-10(15)17-11(19-12)16-9-4-3-8(13)5-7(9)6-14/h3-5H,2H2,1H3,(H3,15,16,17,18,19). The highest BCUT2D eigenvalue weighted by Crippen LogP contribution is 2.20. The van der Waals surface area contributed by atoms with Crippen molar-refractivity contribution in [3.05, 3.63) is 29.6 Å². The summed E-state index contributed by atoms with van der Waals surface area (Å²) in [5.41, 5.74) is 6.02. The number of ether oxygens (including phenoxy) is 1. The minimum absolute atomic E-state index is 0.0217. The molecule has 0 aliphatic heterocycles. The van der Waals surface area contributed by atoms with Gasteiger partial charge < -0.3 is 15.8 Å². The Balaban J connectivity index is 2.32. The van der Waals surface area contributed by atoms with Crippen molar-refractivity contribution in [2.45, 2.75) is 6.92 Å². The maximum Gasteiger partial charge on any atom is 0.323 e. The molecular weight excluding hydrogens is 263 g/mol. The van der Waals surface area contributed by atoms with Crippen LogP contribution >= 0.6 is 0 Å². The monoisotopic (exact) mass is 274 g/mol. The summed E-state index contributed by atoms with van der Waals surface area (Å²) >= 11 is 0. The van der Waals surface area contributed by atoms with Crippen molar-refractivity contribution in [1.29, 1.82) is 5.26 Å². The molecule has 102 valence electrons. The SMILES string of the molecule is CCOc1nc(N)nc(Nc2ccc(F)cc2C#N)n1. The Morgan fingerprint density at radius 3 is 2.90 bits per heavy atom. The quantitative estimate of drug-likeness (QED) is 0.871. The van der Waals surface area contributed by atoms with E-state index in [1.165, 1.54) is 12.1 Å². The molecule has 3 N–H and O–H groups in total. The highest BCUT2D eigenvalue weighted by Gasteiger charge is 2.09. The normalized spacial score (nSPS) is 9.85. The van der Waals surface area contributed by atoms with E-state index in [0.29, 0.717) is 12.3 Å². The predicted octanol–water partition coefficient (Wildman–Crippen LogP) is 1.61. The summed E-state index contributed by atoms with van der Waals surface area (Å²) in [6, 6.07) is 5.69. The first-order valence-electron chi connectivity index (χ1n) is 5.73. The van der Waals surface area contributed by atoms with Gasteiger partial charge in [-0.1, -0.05) is 0 Å². The lowest BCUT2D eigenvalue weighted by molar-refractivity contribution is 0.312. The maximum absolute atomic E-state index is 13.0. The fraction of sp³-hybridized carbons (Fsp3) is 0.167. The molecule has 1 aromatic heterocycles. The Hall–Kier alpha value is -2.95. The molecule has 0 saturated heterocycles. The molecule has 0 atom stereocenters. The third kappa shape index (κ3) is 3.08. The molecular formula is C12H11FN6O. The molecule has 0 unspecified atom stereocenters. The third-order valence-electron chi connectivity index (χ3n) is 2.25. The molecule has 0 aliphatic rings. The number of nitrogens with zero attached hydrogens (tertiary/aromatic N) is 4. The van der Waals surface area contributed by atoms with E-state index < -0.39 is 5.82 Å². The molecule has 0 saturated carbocycles. The average Bonchev–Trinajstić information content (AvgIpc) is 2.40. The number of benzene rings is 1. The Morgan fingerprint density at radius 1 is 1.40 bits per heavy atom. The van der Waals surface area contributed by atoms with Gasteiger partial charge in [0, 0.05) is 0 Å². The first-order chi connectivity index (χ1) is 9.62. The van der Waals surface area contributed by atoms with Crippen molar-refractivity contribution < 1.29 is 9.13 Å². The van der Waals surface area contributed by atoms with E-state index in [9.17, 15) is 4.39 Å². The van der Waals surface area contributed by atoms with Crippen LogP contribution in [0.15, 0.2) is 18.2 Å². The number of halogens is 1. The lowest BCUT2D eigenvalue weighted by atomic mass is 10.2. The zero-order valence-electron chi connectivity index (χ0n) is 10.6. The molecule has 1 heterocycles. The van der Waals surface area contributed by atoms with E-state index in [1.807, 2.05) is 6.07 Å². The van der Waals surface area contributed by atoms with Gasteiger partial charge in [-0.05, 0) is 25.1 Å². The summed E-state index contributed by atoms with van der Waals surface area (Å²) in [7, 11) is 0. The van der Waals surface area contributed by atoms with E-state index in [-0.39, 0.29) is 23.5 Å². The van der Waals surface area contributed by atoms with Gasteiger partial charge in [-0.2, -0.15) is 20.2 Å². The van der Waals surface area contributed by atoms with Gasteiger partial charge >= 0.3 is 6.01 Å². The fourth-order valence-electron chi connectivity index (χ4n) is 1.46. The number of aromatic nitrogens is 3. The van der Waals surface area contributed by atoms with Gasteiger partial charge in [0.2, 0.25) is 11.9 Å². The lowest BCUT2D eigenvalue weighted by Gasteiger charge is -2.08. The molecule has 0 amide bonds. The van der Waals surface area contributed by atoms with Gasteiger partial charge in [0.25, 0.3) is 0 Å². The Morgan fingerprint density at radius 2 is 2.20 bits per heavy atom. The van der Waals surface area contributed by atoms with Gasteiger partial charge in [0.1, 0.15) is 11.9 Å². The summed E-state index contributed by atoms with van der Waals surface area (Å²) in [4.78, 5) is 11.6. The van der Waals surface area contributed by atoms with E-state index in [2.05, 4.69) is 20.3 Å². The van der Waals surface area contributed by atoms with E-state index in [0.717, 1.165) is 6.07 Å². The smallest absolute Gasteiger partial charge is 0.323 e. The van der Waals surface area contributed by atoms with Crippen LogP contribution in [0.2, 0.25) is 0 Å². The van der Waals surface area contributed by atoms with Crippen molar-refractivity contribution in [1.82, 2.24) is 15.0 Å². The number of nitrogen functional groups attached to an aromatic ring is 1. The van der Waals surface area contributed by atoms with Crippen molar-refractivity contribution in [2.75, 3.05) is 17.7 Å². The molecule has 7 nitrogen and oxygen atoms in total. The summed E-state index contributed by atoms with van der Waals surface area (Å²) < 4.78 is 18.2. The third-order valence-corrected chi connectivity index (χ3v) is 2.25.